The van der Waals surface area contributed by atoms with Gasteiger partial charge in [-0.15, -0.1) is 0 Å². The molecule has 2 aliphatic rings. The molecule has 0 radical (unpaired) electrons. The van der Waals surface area contributed by atoms with E-state index in [-0.39, 0.29) is 43.1 Å². The lowest BCUT2D eigenvalue weighted by atomic mass is 10.1. The lowest BCUT2D eigenvalue weighted by Crippen LogP contribution is -2.45. The first-order valence-electron chi connectivity index (χ1n) is 10.3. The number of rotatable bonds is 4. The van der Waals surface area contributed by atoms with Crippen molar-refractivity contribution in [1.82, 2.24) is 9.97 Å². The van der Waals surface area contributed by atoms with Crippen molar-refractivity contribution in [3.63, 3.8) is 0 Å². The van der Waals surface area contributed by atoms with Crippen molar-refractivity contribution < 1.29 is 22.8 Å². The average molecular weight is 483 g/mol. The maximum absolute atomic E-state index is 13.4. The number of aromatic nitrogens is 2. The molecular formula is C21H25F3N6O2S. The van der Waals surface area contributed by atoms with Gasteiger partial charge in [0.1, 0.15) is 11.7 Å². The molecule has 178 valence electrons. The zero-order chi connectivity index (χ0) is 23.2. The van der Waals surface area contributed by atoms with Crippen LogP contribution >= 0.6 is 13.5 Å². The van der Waals surface area contributed by atoms with Crippen molar-refractivity contribution in [2.75, 3.05) is 27.9 Å². The SMILES string of the molecule is Cc1nc(NC2CCC(C(=O)Nc3cc(F)c(F)c(F)c3)C2)nc2c1NC(=O)[C@H](C)N2C.S. The van der Waals surface area contributed by atoms with E-state index < -0.39 is 23.4 Å². The Morgan fingerprint density at radius 2 is 1.85 bits per heavy atom. The minimum Gasteiger partial charge on any atom is -0.351 e. The van der Waals surface area contributed by atoms with E-state index in [1.165, 1.54) is 0 Å². The van der Waals surface area contributed by atoms with E-state index in [0.717, 1.165) is 12.1 Å². The first-order chi connectivity index (χ1) is 15.1. The molecule has 3 atom stereocenters. The summed E-state index contributed by atoms with van der Waals surface area (Å²) in [6.45, 7) is 3.56. The van der Waals surface area contributed by atoms with Gasteiger partial charge >= 0.3 is 0 Å². The summed E-state index contributed by atoms with van der Waals surface area (Å²) in [7, 11) is 1.79. The summed E-state index contributed by atoms with van der Waals surface area (Å²) in [6.07, 6.45) is 1.71. The quantitative estimate of drug-likeness (QED) is 0.579. The summed E-state index contributed by atoms with van der Waals surface area (Å²) < 4.78 is 39.9. The molecule has 2 aromatic rings. The third kappa shape index (κ3) is 4.85. The number of likely N-dealkylation sites (N-methyl/N-ethyl adjacent to an activating group) is 1. The topological polar surface area (TPSA) is 99.2 Å². The maximum Gasteiger partial charge on any atom is 0.246 e. The summed E-state index contributed by atoms with van der Waals surface area (Å²) in [5.41, 5.74) is 1.07. The van der Waals surface area contributed by atoms with Gasteiger partial charge in [0.05, 0.1) is 5.69 Å². The number of amides is 2. The fourth-order valence-electron chi connectivity index (χ4n) is 4.02. The Morgan fingerprint density at radius 1 is 1.18 bits per heavy atom. The number of hydrogen-bond donors (Lipinski definition) is 3. The molecule has 1 aromatic heterocycles. The normalized spacial score (nSPS) is 21.7. The van der Waals surface area contributed by atoms with Crippen LogP contribution in [-0.2, 0) is 9.59 Å². The molecule has 1 aliphatic heterocycles. The molecule has 8 nitrogen and oxygen atoms in total. The predicted molar refractivity (Wildman–Crippen MR) is 123 cm³/mol. The van der Waals surface area contributed by atoms with E-state index in [2.05, 4.69) is 25.9 Å². The molecule has 1 fully saturated rings. The van der Waals surface area contributed by atoms with Gasteiger partial charge in [-0.05, 0) is 33.1 Å². The molecule has 12 heteroatoms. The van der Waals surface area contributed by atoms with Gasteiger partial charge in [-0.2, -0.15) is 18.5 Å². The summed E-state index contributed by atoms with van der Waals surface area (Å²) in [5.74, 6) is -4.19. The van der Waals surface area contributed by atoms with Gasteiger partial charge in [-0.1, -0.05) is 0 Å². The Morgan fingerprint density at radius 3 is 2.52 bits per heavy atom. The van der Waals surface area contributed by atoms with Crippen LogP contribution in [0.15, 0.2) is 12.1 Å². The summed E-state index contributed by atoms with van der Waals surface area (Å²) in [6, 6.07) is 1.05. The monoisotopic (exact) mass is 482 g/mol. The molecule has 0 spiro atoms. The van der Waals surface area contributed by atoms with E-state index in [9.17, 15) is 22.8 Å². The van der Waals surface area contributed by atoms with E-state index in [1.54, 1.807) is 25.8 Å². The van der Waals surface area contributed by atoms with Gasteiger partial charge in [-0.3, -0.25) is 9.59 Å². The maximum atomic E-state index is 13.4. The van der Waals surface area contributed by atoms with Crippen LogP contribution in [0.2, 0.25) is 0 Å². The van der Waals surface area contributed by atoms with Crippen LogP contribution in [0.5, 0.6) is 0 Å². The Labute approximate surface area is 195 Å². The molecular weight excluding hydrogens is 457 g/mol. The van der Waals surface area contributed by atoms with E-state index in [4.69, 9.17) is 0 Å². The first-order valence-corrected chi connectivity index (χ1v) is 10.3. The average Bonchev–Trinajstić information content (AvgIpc) is 3.20. The lowest BCUT2D eigenvalue weighted by molar-refractivity contribution is -0.119. The standard InChI is InChI=1S/C21H23F3N6O2.H2S/c1-9-17-18(30(3)10(2)19(31)28-17)29-21(25-9)27-12-5-4-11(6-12)20(32)26-13-7-14(22)16(24)15(23)8-13;/h7-8,10-12H,4-6H2,1-3H3,(H,26,32)(H,28,31)(H,25,27,29);1H2/t10-,11?,12?;/m0./s1. The zero-order valence-corrected chi connectivity index (χ0v) is 19.3. The van der Waals surface area contributed by atoms with Crippen molar-refractivity contribution in [2.24, 2.45) is 5.92 Å². The van der Waals surface area contributed by atoms with Crippen molar-refractivity contribution in [3.8, 4) is 0 Å². The van der Waals surface area contributed by atoms with E-state index >= 15 is 0 Å². The molecule has 2 unspecified atom stereocenters. The molecule has 0 bridgehead atoms. The highest BCUT2D eigenvalue weighted by molar-refractivity contribution is 7.59. The Hall–Kier alpha value is -3.02. The predicted octanol–water partition coefficient (Wildman–Crippen LogP) is 3.31. The molecule has 2 amide bonds. The number of benzene rings is 1. The van der Waals surface area contributed by atoms with Gasteiger partial charge in [0, 0.05) is 36.8 Å². The third-order valence-corrected chi connectivity index (χ3v) is 6.00. The summed E-state index contributed by atoms with van der Waals surface area (Å²) in [4.78, 5) is 35.3. The Bertz CT molecular complexity index is 1080. The molecule has 2 heterocycles. The van der Waals surface area contributed by atoms with E-state index in [1.807, 2.05) is 0 Å². The highest BCUT2D eigenvalue weighted by Gasteiger charge is 2.33. The molecule has 3 N–H and O–H groups in total. The molecule has 1 saturated carbocycles. The van der Waals surface area contributed by atoms with Gasteiger partial charge in [0.15, 0.2) is 23.3 Å². The molecule has 1 aromatic carbocycles. The highest BCUT2D eigenvalue weighted by atomic mass is 32.1. The first kappa shape index (κ1) is 24.6. The minimum absolute atomic E-state index is 0. The number of carbonyl (C=O) groups is 2. The number of aryl methyl sites for hydroxylation is 1. The smallest absolute Gasteiger partial charge is 0.246 e. The van der Waals surface area contributed by atoms with Crippen LogP contribution < -0.4 is 20.9 Å². The number of carbonyl (C=O) groups excluding carboxylic acids is 2. The number of anilines is 4. The van der Waals surface area contributed by atoms with Crippen molar-refractivity contribution >= 4 is 48.5 Å². The Kier molecular flexibility index (Phi) is 7.06. The van der Waals surface area contributed by atoms with Gasteiger partial charge < -0.3 is 20.9 Å². The van der Waals surface area contributed by atoms with Gasteiger partial charge in [0.25, 0.3) is 0 Å². The fourth-order valence-corrected chi connectivity index (χ4v) is 4.02. The number of nitrogens with zero attached hydrogens (tertiary/aromatic N) is 3. The highest BCUT2D eigenvalue weighted by Crippen LogP contribution is 2.34. The zero-order valence-electron chi connectivity index (χ0n) is 18.3. The van der Waals surface area contributed by atoms with Crippen LogP contribution in [-0.4, -0.2) is 40.9 Å². The molecule has 0 saturated heterocycles. The van der Waals surface area contributed by atoms with Crippen molar-refractivity contribution in [3.05, 3.63) is 35.3 Å². The second kappa shape index (κ2) is 9.46. The minimum atomic E-state index is -1.58. The van der Waals surface area contributed by atoms with E-state index in [0.29, 0.717) is 42.4 Å². The molecule has 1 aliphatic carbocycles. The number of fused-ring (bicyclic) bond motifs is 1. The fraction of sp³-hybridized carbons (Fsp3) is 0.429. The second-order valence-corrected chi connectivity index (χ2v) is 8.20. The van der Waals surface area contributed by atoms with Crippen LogP contribution in [0, 0.1) is 30.3 Å². The largest absolute Gasteiger partial charge is 0.351 e. The van der Waals surface area contributed by atoms with Gasteiger partial charge in [0.2, 0.25) is 17.8 Å². The van der Waals surface area contributed by atoms with Crippen molar-refractivity contribution in [2.45, 2.75) is 45.2 Å². The number of halogens is 3. The summed E-state index contributed by atoms with van der Waals surface area (Å²) in [5, 5.41) is 8.51. The second-order valence-electron chi connectivity index (χ2n) is 8.20. The molecule has 4 rings (SSSR count). The van der Waals surface area contributed by atoms with Crippen LogP contribution in [0.1, 0.15) is 31.9 Å². The number of hydrogen-bond acceptors (Lipinski definition) is 6. The van der Waals surface area contributed by atoms with Crippen molar-refractivity contribution in [1.29, 1.82) is 0 Å². The number of nitrogens with one attached hydrogen (secondary N) is 3. The summed E-state index contributed by atoms with van der Waals surface area (Å²) >= 11 is 0. The Balaban J connectivity index is 0.00000306. The third-order valence-electron chi connectivity index (χ3n) is 6.00. The lowest BCUT2D eigenvalue weighted by Gasteiger charge is -2.32. The van der Waals surface area contributed by atoms with Crippen LogP contribution in [0.25, 0.3) is 0 Å². The van der Waals surface area contributed by atoms with Crippen LogP contribution in [0.3, 0.4) is 0 Å². The van der Waals surface area contributed by atoms with Crippen LogP contribution in [0.4, 0.5) is 36.3 Å². The molecule has 33 heavy (non-hydrogen) atoms. The van der Waals surface area contributed by atoms with Gasteiger partial charge in [-0.25, -0.2) is 18.2 Å².